The molecule has 0 aromatic heterocycles. The van der Waals surface area contributed by atoms with Gasteiger partial charge in [0, 0.05) is 19.6 Å². The SMILES string of the molecule is CCNC(=NCCc1ccc(OCC(N)=O)cc1)NCCc1ccc(C)c(OC)c1.I. The highest BCUT2D eigenvalue weighted by Gasteiger charge is 2.03. The second-order valence-corrected chi connectivity index (χ2v) is 6.89. The topological polar surface area (TPSA) is 98.0 Å². The molecule has 0 heterocycles. The molecule has 7 nitrogen and oxygen atoms in total. The molecule has 8 heteroatoms. The van der Waals surface area contributed by atoms with Gasteiger partial charge in [-0.15, -0.1) is 24.0 Å². The van der Waals surface area contributed by atoms with Gasteiger partial charge in [0.2, 0.25) is 0 Å². The smallest absolute Gasteiger partial charge is 0.255 e. The Morgan fingerprint density at radius 3 is 2.42 bits per heavy atom. The van der Waals surface area contributed by atoms with Crippen LogP contribution in [0.2, 0.25) is 0 Å². The summed E-state index contributed by atoms with van der Waals surface area (Å²) in [5.41, 5.74) is 8.58. The van der Waals surface area contributed by atoms with Crippen LogP contribution in [0.25, 0.3) is 0 Å². The highest BCUT2D eigenvalue weighted by molar-refractivity contribution is 14.0. The van der Waals surface area contributed by atoms with Crippen LogP contribution in [0.1, 0.15) is 23.6 Å². The number of benzene rings is 2. The molecule has 4 N–H and O–H groups in total. The molecule has 0 radical (unpaired) electrons. The minimum absolute atomic E-state index is 0. The van der Waals surface area contributed by atoms with Crippen molar-refractivity contribution in [3.63, 3.8) is 0 Å². The Kier molecular flexibility index (Phi) is 12.4. The van der Waals surface area contributed by atoms with Gasteiger partial charge in [0.25, 0.3) is 5.91 Å². The molecule has 0 fully saturated rings. The quantitative estimate of drug-likeness (QED) is 0.232. The summed E-state index contributed by atoms with van der Waals surface area (Å²) in [7, 11) is 1.70. The Balaban J connectivity index is 0.00000480. The number of nitrogens with two attached hydrogens (primary N) is 1. The fourth-order valence-corrected chi connectivity index (χ4v) is 2.89. The van der Waals surface area contributed by atoms with E-state index in [-0.39, 0.29) is 30.6 Å². The number of rotatable bonds is 11. The van der Waals surface area contributed by atoms with E-state index in [4.69, 9.17) is 15.2 Å². The van der Waals surface area contributed by atoms with Crippen LogP contribution in [0.15, 0.2) is 47.5 Å². The lowest BCUT2D eigenvalue weighted by Crippen LogP contribution is -2.38. The van der Waals surface area contributed by atoms with Crippen LogP contribution in [-0.2, 0) is 17.6 Å². The zero-order chi connectivity index (χ0) is 21.8. The number of halogens is 1. The molecule has 0 atom stereocenters. The number of nitrogens with one attached hydrogen (secondary N) is 2. The van der Waals surface area contributed by atoms with Crippen LogP contribution < -0.4 is 25.8 Å². The lowest BCUT2D eigenvalue weighted by atomic mass is 10.1. The summed E-state index contributed by atoms with van der Waals surface area (Å²) in [5, 5.41) is 6.65. The fraction of sp³-hybridized carbons (Fsp3) is 0.391. The molecule has 31 heavy (non-hydrogen) atoms. The lowest BCUT2D eigenvalue weighted by Gasteiger charge is -2.12. The van der Waals surface area contributed by atoms with Crippen molar-refractivity contribution in [3.8, 4) is 11.5 Å². The third-order valence-corrected chi connectivity index (χ3v) is 4.50. The molecule has 0 bridgehead atoms. The lowest BCUT2D eigenvalue weighted by molar-refractivity contribution is -0.119. The molecule has 1 amide bonds. The predicted octanol–water partition coefficient (Wildman–Crippen LogP) is 2.83. The molecular formula is C23H33IN4O3. The Morgan fingerprint density at radius 2 is 1.77 bits per heavy atom. The van der Waals surface area contributed by atoms with E-state index in [0.29, 0.717) is 12.3 Å². The van der Waals surface area contributed by atoms with Gasteiger partial charge in [-0.25, -0.2) is 0 Å². The Labute approximate surface area is 201 Å². The maximum Gasteiger partial charge on any atom is 0.255 e. The van der Waals surface area contributed by atoms with E-state index in [0.717, 1.165) is 48.8 Å². The summed E-state index contributed by atoms with van der Waals surface area (Å²) in [6.07, 6.45) is 1.69. The van der Waals surface area contributed by atoms with Crippen LogP contribution in [0.4, 0.5) is 0 Å². The van der Waals surface area contributed by atoms with Crippen molar-refractivity contribution in [3.05, 3.63) is 59.2 Å². The van der Waals surface area contributed by atoms with Gasteiger partial charge in [-0.05, 0) is 61.6 Å². The van der Waals surface area contributed by atoms with Crippen LogP contribution in [0.3, 0.4) is 0 Å². The summed E-state index contributed by atoms with van der Waals surface area (Å²) in [5.74, 6) is 1.86. The Morgan fingerprint density at radius 1 is 1.06 bits per heavy atom. The molecular weight excluding hydrogens is 507 g/mol. The molecule has 170 valence electrons. The van der Waals surface area contributed by atoms with Crippen LogP contribution in [-0.4, -0.2) is 45.2 Å². The monoisotopic (exact) mass is 540 g/mol. The zero-order valence-corrected chi connectivity index (χ0v) is 20.8. The molecule has 0 unspecified atom stereocenters. The number of guanidine groups is 1. The largest absolute Gasteiger partial charge is 0.496 e. The van der Waals surface area contributed by atoms with E-state index >= 15 is 0 Å². The number of carbonyl (C=O) groups excluding carboxylic acids is 1. The van der Waals surface area contributed by atoms with E-state index in [9.17, 15) is 4.79 Å². The second kappa shape index (κ2) is 14.5. The molecule has 0 aliphatic carbocycles. The standard InChI is InChI=1S/C23H32N4O3.HI/c1-4-25-23(27-14-12-19-6-5-17(2)21(15-19)29-3)26-13-11-18-7-9-20(10-8-18)30-16-22(24)28;/h5-10,15H,4,11-14,16H2,1-3H3,(H2,24,28)(H2,25,26,27);1H. The third-order valence-electron chi connectivity index (χ3n) is 4.50. The average molecular weight is 540 g/mol. The number of ether oxygens (including phenoxy) is 2. The van der Waals surface area contributed by atoms with Crippen molar-refractivity contribution in [1.29, 1.82) is 0 Å². The number of aliphatic imine (C=N–C) groups is 1. The van der Waals surface area contributed by atoms with Crippen molar-refractivity contribution in [2.24, 2.45) is 10.7 Å². The van der Waals surface area contributed by atoms with Gasteiger partial charge in [0.15, 0.2) is 12.6 Å². The number of hydrogen-bond donors (Lipinski definition) is 3. The maximum absolute atomic E-state index is 10.8. The third kappa shape index (κ3) is 9.91. The number of primary amides is 1. The van der Waals surface area contributed by atoms with Crippen LogP contribution >= 0.6 is 24.0 Å². The van der Waals surface area contributed by atoms with Crippen molar-refractivity contribution < 1.29 is 14.3 Å². The first-order chi connectivity index (χ1) is 14.5. The summed E-state index contributed by atoms with van der Waals surface area (Å²) in [6, 6.07) is 13.9. The Bertz CT molecular complexity index is 841. The minimum atomic E-state index is -0.488. The van der Waals surface area contributed by atoms with E-state index in [1.807, 2.05) is 38.1 Å². The van der Waals surface area contributed by atoms with E-state index < -0.39 is 5.91 Å². The molecule has 0 saturated heterocycles. The normalized spacial score (nSPS) is 10.7. The summed E-state index contributed by atoms with van der Waals surface area (Å²) in [6.45, 7) is 6.22. The first-order valence-corrected chi connectivity index (χ1v) is 10.2. The number of aryl methyl sites for hydroxylation is 1. The van der Waals surface area contributed by atoms with Gasteiger partial charge in [-0.2, -0.15) is 0 Å². The Hall–Kier alpha value is -2.49. The van der Waals surface area contributed by atoms with Gasteiger partial charge in [-0.3, -0.25) is 9.79 Å². The van der Waals surface area contributed by atoms with Crippen molar-refractivity contribution in [2.75, 3.05) is 33.4 Å². The second-order valence-electron chi connectivity index (χ2n) is 6.89. The summed E-state index contributed by atoms with van der Waals surface area (Å²) in [4.78, 5) is 15.4. The van der Waals surface area contributed by atoms with E-state index in [1.54, 1.807) is 7.11 Å². The van der Waals surface area contributed by atoms with Crippen molar-refractivity contribution in [1.82, 2.24) is 10.6 Å². The number of hydrogen-bond acceptors (Lipinski definition) is 4. The van der Waals surface area contributed by atoms with Gasteiger partial charge in [0.1, 0.15) is 11.5 Å². The molecule has 2 aromatic rings. The predicted molar refractivity (Wildman–Crippen MR) is 136 cm³/mol. The minimum Gasteiger partial charge on any atom is -0.496 e. The highest BCUT2D eigenvalue weighted by Crippen LogP contribution is 2.19. The van der Waals surface area contributed by atoms with Crippen molar-refractivity contribution in [2.45, 2.75) is 26.7 Å². The van der Waals surface area contributed by atoms with Gasteiger partial charge in [-0.1, -0.05) is 24.3 Å². The number of nitrogens with zero attached hydrogens (tertiary/aromatic N) is 1. The van der Waals surface area contributed by atoms with Gasteiger partial charge < -0.3 is 25.8 Å². The van der Waals surface area contributed by atoms with E-state index in [1.165, 1.54) is 5.56 Å². The summed E-state index contributed by atoms with van der Waals surface area (Å²) >= 11 is 0. The number of methoxy groups -OCH3 is 1. The fourth-order valence-electron chi connectivity index (χ4n) is 2.89. The van der Waals surface area contributed by atoms with Crippen LogP contribution in [0, 0.1) is 6.92 Å². The van der Waals surface area contributed by atoms with E-state index in [2.05, 4.69) is 33.8 Å². The molecule has 2 aromatic carbocycles. The van der Waals surface area contributed by atoms with Crippen LogP contribution in [0.5, 0.6) is 11.5 Å². The zero-order valence-electron chi connectivity index (χ0n) is 18.4. The summed E-state index contributed by atoms with van der Waals surface area (Å²) < 4.78 is 10.7. The molecule has 0 aliphatic rings. The van der Waals surface area contributed by atoms with Gasteiger partial charge in [0.05, 0.1) is 7.11 Å². The average Bonchev–Trinajstić information content (AvgIpc) is 2.74. The number of carbonyl (C=O) groups is 1. The van der Waals surface area contributed by atoms with Gasteiger partial charge >= 0.3 is 0 Å². The highest BCUT2D eigenvalue weighted by atomic mass is 127. The first kappa shape index (κ1) is 26.5. The molecule has 0 saturated carbocycles. The molecule has 2 rings (SSSR count). The first-order valence-electron chi connectivity index (χ1n) is 10.2. The molecule has 0 spiro atoms. The number of amides is 1. The molecule has 0 aliphatic heterocycles. The van der Waals surface area contributed by atoms with Crippen molar-refractivity contribution >= 4 is 35.8 Å². The maximum atomic E-state index is 10.8.